The first-order valence-corrected chi connectivity index (χ1v) is 10.4. The Labute approximate surface area is 155 Å². The molecule has 0 radical (unpaired) electrons. The Bertz CT molecular complexity index is 771. The number of Topliss-reactive ketones (excluding diaryl/α,β-unsaturated/α-hetero) is 1. The average molecular weight is 376 g/mol. The topological polar surface area (TPSA) is 53.5 Å². The van der Waals surface area contributed by atoms with Gasteiger partial charge in [-0.2, -0.15) is 0 Å². The van der Waals surface area contributed by atoms with Crippen molar-refractivity contribution in [2.45, 2.75) is 38.9 Å². The van der Waals surface area contributed by atoms with Gasteiger partial charge >= 0.3 is 0 Å². The first-order chi connectivity index (χ1) is 12.1. The molecule has 3 aliphatic rings. The molecule has 5 nitrogen and oxygen atoms in total. The second kappa shape index (κ2) is 6.97. The van der Waals surface area contributed by atoms with Crippen LogP contribution in [-0.2, 0) is 17.9 Å². The molecule has 7 heteroatoms. The number of ketones is 1. The Morgan fingerprint density at radius 3 is 2.88 bits per heavy atom. The second-order valence-electron chi connectivity index (χ2n) is 6.94. The SMILES string of the molecule is CC(=O)c1cc(CN2C[C@@H]3CC[C@H](C2)N(Cc2cscn2)C3=O)cs1. The van der Waals surface area contributed by atoms with E-state index in [9.17, 15) is 9.59 Å². The molecule has 3 saturated heterocycles. The normalized spacial score (nSPS) is 23.9. The molecule has 2 bridgehead atoms. The summed E-state index contributed by atoms with van der Waals surface area (Å²) in [5.74, 6) is 0.488. The molecule has 0 saturated carbocycles. The summed E-state index contributed by atoms with van der Waals surface area (Å²) in [4.78, 5) is 33.9. The number of carbonyl (C=O) groups excluding carboxylic acids is 2. The summed E-state index contributed by atoms with van der Waals surface area (Å²) in [7, 11) is 0. The van der Waals surface area contributed by atoms with Crippen molar-refractivity contribution < 1.29 is 9.59 Å². The van der Waals surface area contributed by atoms with Gasteiger partial charge in [-0.3, -0.25) is 14.5 Å². The summed E-state index contributed by atoms with van der Waals surface area (Å²) in [6, 6.07) is 2.26. The summed E-state index contributed by atoms with van der Waals surface area (Å²) in [6.07, 6.45) is 2.05. The van der Waals surface area contributed by atoms with Crippen LogP contribution >= 0.6 is 22.7 Å². The molecule has 3 aliphatic heterocycles. The van der Waals surface area contributed by atoms with Crippen molar-refractivity contribution in [2.24, 2.45) is 5.92 Å². The minimum absolute atomic E-state index is 0.0864. The van der Waals surface area contributed by atoms with Crippen molar-refractivity contribution in [3.63, 3.8) is 0 Å². The fourth-order valence-electron chi connectivity index (χ4n) is 3.86. The van der Waals surface area contributed by atoms with Gasteiger partial charge in [0, 0.05) is 31.1 Å². The predicted octanol–water partition coefficient (Wildman–Crippen LogP) is 3.03. The van der Waals surface area contributed by atoms with Gasteiger partial charge in [-0.1, -0.05) is 0 Å². The van der Waals surface area contributed by atoms with Crippen molar-refractivity contribution >= 4 is 34.4 Å². The maximum absolute atomic E-state index is 12.9. The summed E-state index contributed by atoms with van der Waals surface area (Å²) in [5, 5.41) is 4.09. The molecule has 0 unspecified atom stereocenters. The van der Waals surface area contributed by atoms with E-state index in [0.29, 0.717) is 6.54 Å². The number of thiazole rings is 1. The lowest BCUT2D eigenvalue weighted by Crippen LogP contribution is -2.47. The van der Waals surface area contributed by atoms with Crippen LogP contribution in [0.25, 0.3) is 0 Å². The van der Waals surface area contributed by atoms with Gasteiger partial charge in [0.15, 0.2) is 5.78 Å². The third-order valence-corrected chi connectivity index (χ3v) is 6.81. The Morgan fingerprint density at radius 2 is 2.16 bits per heavy atom. The standard InChI is InChI=1S/C18H21N3O2S2/c1-12(22)17-4-13(9-25-17)5-20-6-14-2-3-16(8-20)21(18(14)23)7-15-10-24-11-19-15/h4,9-11,14,16H,2-3,5-8H2,1H3/t14-,16+/m0/s1. The molecule has 0 aromatic carbocycles. The minimum Gasteiger partial charge on any atom is -0.332 e. The Morgan fingerprint density at radius 1 is 1.28 bits per heavy atom. The number of hydrogen-bond acceptors (Lipinski definition) is 6. The zero-order chi connectivity index (χ0) is 17.4. The lowest BCUT2D eigenvalue weighted by Gasteiger charge is -2.35. The van der Waals surface area contributed by atoms with E-state index in [2.05, 4.69) is 15.3 Å². The van der Waals surface area contributed by atoms with Crippen molar-refractivity contribution in [1.29, 1.82) is 0 Å². The second-order valence-corrected chi connectivity index (χ2v) is 8.57. The molecule has 132 valence electrons. The first kappa shape index (κ1) is 16.9. The molecular weight excluding hydrogens is 354 g/mol. The number of thiophene rings is 1. The third kappa shape index (κ3) is 3.54. The number of hydrogen-bond donors (Lipinski definition) is 0. The predicted molar refractivity (Wildman–Crippen MR) is 98.8 cm³/mol. The highest BCUT2D eigenvalue weighted by Gasteiger charge is 2.40. The number of fused-ring (bicyclic) bond motifs is 4. The van der Waals surface area contributed by atoms with E-state index in [4.69, 9.17) is 0 Å². The average Bonchev–Trinajstić information content (AvgIpc) is 3.19. The largest absolute Gasteiger partial charge is 0.332 e. The Kier molecular flexibility index (Phi) is 4.71. The number of piperidine rings is 1. The number of amides is 1. The maximum Gasteiger partial charge on any atom is 0.227 e. The Hall–Kier alpha value is -1.57. The molecule has 1 amide bonds. The third-order valence-electron chi connectivity index (χ3n) is 5.09. The fraction of sp³-hybridized carbons (Fsp3) is 0.500. The summed E-state index contributed by atoms with van der Waals surface area (Å²) in [5.41, 5.74) is 3.99. The van der Waals surface area contributed by atoms with E-state index in [1.807, 2.05) is 21.9 Å². The first-order valence-electron chi connectivity index (χ1n) is 8.58. The molecule has 25 heavy (non-hydrogen) atoms. The highest BCUT2D eigenvalue weighted by atomic mass is 32.1. The highest BCUT2D eigenvalue weighted by Crippen LogP contribution is 2.31. The lowest BCUT2D eigenvalue weighted by atomic mass is 9.94. The molecule has 0 N–H and O–H groups in total. The van der Waals surface area contributed by atoms with Crippen LogP contribution in [0, 0.1) is 5.92 Å². The molecule has 3 fully saturated rings. The van der Waals surface area contributed by atoms with Crippen LogP contribution in [0.15, 0.2) is 22.3 Å². The van der Waals surface area contributed by atoms with Crippen LogP contribution in [0.2, 0.25) is 0 Å². The number of aromatic nitrogens is 1. The van der Waals surface area contributed by atoms with Gasteiger partial charge in [-0.15, -0.1) is 22.7 Å². The van der Waals surface area contributed by atoms with Gasteiger partial charge in [0.2, 0.25) is 5.91 Å². The van der Waals surface area contributed by atoms with Crippen LogP contribution in [0.3, 0.4) is 0 Å². The van der Waals surface area contributed by atoms with Gasteiger partial charge in [-0.05, 0) is 36.8 Å². The molecule has 0 spiro atoms. The smallest absolute Gasteiger partial charge is 0.227 e. The quantitative estimate of drug-likeness (QED) is 0.754. The van der Waals surface area contributed by atoms with Crippen LogP contribution in [0.5, 0.6) is 0 Å². The summed E-state index contributed by atoms with van der Waals surface area (Å²) < 4.78 is 0. The maximum atomic E-state index is 12.9. The van der Waals surface area contributed by atoms with Gasteiger partial charge in [0.25, 0.3) is 0 Å². The number of nitrogens with zero attached hydrogens (tertiary/aromatic N) is 3. The van der Waals surface area contributed by atoms with Crippen LogP contribution < -0.4 is 0 Å². The van der Waals surface area contributed by atoms with E-state index >= 15 is 0 Å². The van der Waals surface area contributed by atoms with E-state index in [0.717, 1.165) is 43.0 Å². The minimum atomic E-state index is 0.0864. The number of rotatable bonds is 5. The zero-order valence-electron chi connectivity index (χ0n) is 14.2. The summed E-state index contributed by atoms with van der Waals surface area (Å²) >= 11 is 3.09. The van der Waals surface area contributed by atoms with Crippen LogP contribution in [-0.4, -0.2) is 45.6 Å². The zero-order valence-corrected chi connectivity index (χ0v) is 15.8. The Balaban J connectivity index is 1.48. The van der Waals surface area contributed by atoms with Gasteiger partial charge < -0.3 is 4.90 Å². The molecule has 0 aliphatic carbocycles. The summed E-state index contributed by atoms with van der Waals surface area (Å²) in [6.45, 7) is 4.77. The lowest BCUT2D eigenvalue weighted by molar-refractivity contribution is -0.140. The van der Waals surface area contributed by atoms with Crippen molar-refractivity contribution in [3.8, 4) is 0 Å². The van der Waals surface area contributed by atoms with Gasteiger partial charge in [-0.25, -0.2) is 4.98 Å². The van der Waals surface area contributed by atoms with E-state index < -0.39 is 0 Å². The van der Waals surface area contributed by atoms with Gasteiger partial charge in [0.1, 0.15) is 0 Å². The highest BCUT2D eigenvalue weighted by molar-refractivity contribution is 7.12. The molecule has 2 atom stereocenters. The van der Waals surface area contributed by atoms with Crippen LogP contribution in [0.1, 0.15) is 40.7 Å². The van der Waals surface area contributed by atoms with Crippen molar-refractivity contribution in [2.75, 3.05) is 13.1 Å². The number of carbonyl (C=O) groups is 2. The van der Waals surface area contributed by atoms with Crippen LogP contribution in [0.4, 0.5) is 0 Å². The molecular formula is C18H21N3O2S2. The van der Waals surface area contributed by atoms with Crippen molar-refractivity contribution in [1.82, 2.24) is 14.8 Å². The fourth-order valence-corrected chi connectivity index (χ4v) is 5.21. The van der Waals surface area contributed by atoms with E-state index in [1.165, 1.54) is 16.9 Å². The molecule has 5 heterocycles. The molecule has 2 aromatic rings. The van der Waals surface area contributed by atoms with Gasteiger partial charge in [0.05, 0.1) is 28.5 Å². The van der Waals surface area contributed by atoms with Crippen molar-refractivity contribution in [3.05, 3.63) is 38.5 Å². The van der Waals surface area contributed by atoms with E-state index in [1.54, 1.807) is 18.3 Å². The monoisotopic (exact) mass is 375 g/mol. The molecule has 2 aromatic heterocycles. The van der Waals surface area contributed by atoms with E-state index in [-0.39, 0.29) is 23.7 Å². The molecule has 5 rings (SSSR count).